The molecule has 0 spiro atoms. The van der Waals surface area contributed by atoms with Crippen LogP contribution in [-0.4, -0.2) is 96.0 Å². The van der Waals surface area contributed by atoms with Gasteiger partial charge in [-0.2, -0.15) is 0 Å². The second-order valence-electron chi connectivity index (χ2n) is 15.2. The summed E-state index contributed by atoms with van der Waals surface area (Å²) in [5.41, 5.74) is -7.30. The van der Waals surface area contributed by atoms with Gasteiger partial charge in [0.05, 0.1) is 109 Å². The Balaban J connectivity index is 1.06. The van der Waals surface area contributed by atoms with E-state index in [0.29, 0.717) is 31.1 Å². The Hall–Kier alpha value is -4.75. The Labute approximate surface area is 374 Å². The maximum atomic E-state index is 13.2. The number of nitrogens with zero attached hydrogens (tertiary/aromatic N) is 4. The molecule has 0 aliphatic heterocycles. The van der Waals surface area contributed by atoms with Crippen molar-refractivity contribution in [3.8, 4) is 0 Å². The molecule has 0 aliphatic rings. The number of aliphatic hydroxyl groups is 2. The lowest BCUT2D eigenvalue weighted by Gasteiger charge is -2.15. The van der Waals surface area contributed by atoms with Gasteiger partial charge in [-0.15, -0.1) is 0 Å². The standard InChI is InChI=1S/C38H45N4O22P3/c1-3-21(17-43)19-63-66(55,56)61-11-7-41-35(49)27-13-23-24(14-28(27)36(41)50)32(46)39(31(23)45)5-9-59-65(53,54)60-10-6-40-33(47)25-15-29-30(16-26(25)34(40)48)38(52)42(37(29)51)8-12-62-67(57,58)64-20-22(4-2)18-44/h13-16,21-22,43-44H,3-12,17-20H2,1-2H3,(H,53,54)(H,55,56)(H,57,58). The first-order chi connectivity index (χ1) is 31.6. The Kier molecular flexibility index (Phi) is 16.1. The van der Waals surface area contributed by atoms with Gasteiger partial charge in [0.2, 0.25) is 0 Å². The minimum Gasteiger partial charge on any atom is -0.396 e. The second kappa shape index (κ2) is 20.9. The monoisotopic (exact) mass is 1000 g/mol. The van der Waals surface area contributed by atoms with Gasteiger partial charge in [0.1, 0.15) is 0 Å². The minimum atomic E-state index is -4.98. The van der Waals surface area contributed by atoms with E-state index in [9.17, 15) is 76.9 Å². The zero-order valence-corrected chi connectivity index (χ0v) is 38.4. The van der Waals surface area contributed by atoms with Crippen LogP contribution in [0, 0.1) is 11.8 Å². The highest BCUT2D eigenvalue weighted by Gasteiger charge is 2.28. The number of hydrogen-bond donors (Lipinski definition) is 5. The van der Waals surface area contributed by atoms with Crippen molar-refractivity contribution in [1.29, 1.82) is 0 Å². The molecular formula is C38H45N4O22P3. The Morgan fingerprint density at radius 3 is 0.776 bits per heavy atom. The van der Waals surface area contributed by atoms with E-state index in [2.05, 4.69) is 0 Å². The Morgan fingerprint density at radius 1 is 0.403 bits per heavy atom. The number of phosphoric acid groups is 3. The number of hydrogen-bond acceptors (Lipinski definition) is 19. The van der Waals surface area contributed by atoms with Crippen LogP contribution in [0.5, 0.6) is 0 Å². The SMILES string of the molecule is CCC(CO)COP(=O)(O)OCCn1c(=O)c2cc3c(=O)n(CCOP(=O)(O)OCCn4c(=O)c5cc6c(=O)n(CCOP(=O)(O)OCC(CC)CO)c(=O)c6cc5c4=O)c(=O)c3cc2c1=O. The Bertz CT molecular complexity index is 3030. The molecule has 0 fully saturated rings. The van der Waals surface area contributed by atoms with E-state index in [1.165, 1.54) is 0 Å². The van der Waals surface area contributed by atoms with Gasteiger partial charge in [0, 0.05) is 25.0 Å². The van der Waals surface area contributed by atoms with Crippen LogP contribution in [0.4, 0.5) is 0 Å². The zero-order valence-electron chi connectivity index (χ0n) is 35.7. The van der Waals surface area contributed by atoms with Crippen LogP contribution < -0.4 is 44.5 Å². The summed E-state index contributed by atoms with van der Waals surface area (Å²) in [7, 11) is -14.2. The molecule has 6 aromatic rings. The van der Waals surface area contributed by atoms with E-state index in [1.54, 1.807) is 13.8 Å². The van der Waals surface area contributed by atoms with E-state index in [0.717, 1.165) is 24.3 Å². The number of fused-ring (bicyclic) bond motifs is 4. The molecule has 0 saturated carbocycles. The average molecular weight is 1000 g/mol. The summed E-state index contributed by atoms with van der Waals surface area (Å²) in [4.78, 5) is 135. The molecule has 5 N–H and O–H groups in total. The lowest BCUT2D eigenvalue weighted by atomic mass is 10.1. The molecule has 4 heterocycles. The summed E-state index contributed by atoms with van der Waals surface area (Å²) in [6.45, 7) is -2.64. The average Bonchev–Trinajstić information content (AvgIpc) is 3.85. The highest BCUT2D eigenvalue weighted by atomic mass is 31.2. The largest absolute Gasteiger partial charge is 0.472 e. The van der Waals surface area contributed by atoms with E-state index in [4.69, 9.17) is 27.1 Å². The quantitative estimate of drug-likeness (QED) is 0.0418. The fraction of sp³-hybridized carbons (Fsp3) is 0.474. The number of phosphoric ester groups is 3. The Morgan fingerprint density at radius 2 is 0.597 bits per heavy atom. The first kappa shape index (κ1) is 51.6. The van der Waals surface area contributed by atoms with Crippen LogP contribution in [0.2, 0.25) is 0 Å². The van der Waals surface area contributed by atoms with Crippen LogP contribution in [0.3, 0.4) is 0 Å². The fourth-order valence-electron chi connectivity index (χ4n) is 7.06. The first-order valence-electron chi connectivity index (χ1n) is 20.5. The van der Waals surface area contributed by atoms with Crippen molar-refractivity contribution in [2.24, 2.45) is 11.8 Å². The predicted octanol–water partition coefficient (Wildman–Crippen LogP) is -0.724. The van der Waals surface area contributed by atoms with Gasteiger partial charge in [0.25, 0.3) is 44.5 Å². The molecule has 0 bridgehead atoms. The lowest BCUT2D eigenvalue weighted by molar-refractivity contribution is 0.104. The van der Waals surface area contributed by atoms with Crippen molar-refractivity contribution < 1.29 is 65.7 Å². The summed E-state index contributed by atoms with van der Waals surface area (Å²) in [5.74, 6) is -0.846. The van der Waals surface area contributed by atoms with Crippen molar-refractivity contribution in [3.05, 3.63) is 107 Å². The molecule has 364 valence electrons. The third kappa shape index (κ3) is 11.1. The summed E-state index contributed by atoms with van der Waals surface area (Å²) in [6, 6.07) is 4.12. The predicted molar refractivity (Wildman–Crippen MR) is 237 cm³/mol. The van der Waals surface area contributed by atoms with Crippen molar-refractivity contribution >= 4 is 66.6 Å². The maximum Gasteiger partial charge on any atom is 0.472 e. The van der Waals surface area contributed by atoms with Crippen LogP contribution in [0.15, 0.2) is 62.6 Å². The van der Waals surface area contributed by atoms with Gasteiger partial charge in [-0.3, -0.25) is 83.8 Å². The smallest absolute Gasteiger partial charge is 0.396 e. The summed E-state index contributed by atoms with van der Waals surface area (Å²) >= 11 is 0. The molecule has 4 aromatic heterocycles. The van der Waals surface area contributed by atoms with Crippen molar-refractivity contribution in [2.75, 3.05) is 52.9 Å². The highest BCUT2D eigenvalue weighted by molar-refractivity contribution is 7.47. The molecule has 0 saturated heterocycles. The molecule has 4 unspecified atom stereocenters. The number of aromatic nitrogens is 4. The maximum absolute atomic E-state index is 13.2. The molecule has 0 radical (unpaired) electrons. The van der Waals surface area contributed by atoms with Gasteiger partial charge in [0.15, 0.2) is 0 Å². The van der Waals surface area contributed by atoms with Crippen LogP contribution in [0.1, 0.15) is 26.7 Å². The lowest BCUT2D eigenvalue weighted by Crippen LogP contribution is -2.28. The minimum absolute atomic E-state index is 0.243. The van der Waals surface area contributed by atoms with Crippen LogP contribution in [0.25, 0.3) is 43.1 Å². The second-order valence-corrected chi connectivity index (χ2v) is 19.5. The van der Waals surface area contributed by atoms with Crippen molar-refractivity contribution in [2.45, 2.75) is 52.9 Å². The van der Waals surface area contributed by atoms with Crippen LogP contribution >= 0.6 is 23.5 Å². The summed E-state index contributed by atoms with van der Waals surface area (Å²) in [6.07, 6.45) is 0.910. The van der Waals surface area contributed by atoms with Crippen molar-refractivity contribution in [3.63, 3.8) is 0 Å². The van der Waals surface area contributed by atoms with Gasteiger partial charge < -0.3 is 24.9 Å². The normalized spacial score (nSPS) is 16.0. The van der Waals surface area contributed by atoms with Crippen LogP contribution in [-0.2, 0) is 67.0 Å². The molecular weight excluding hydrogens is 957 g/mol. The van der Waals surface area contributed by atoms with Gasteiger partial charge in [-0.05, 0) is 37.1 Å². The molecule has 2 aromatic carbocycles. The number of benzene rings is 2. The fourth-order valence-corrected chi connectivity index (χ4v) is 9.33. The van der Waals surface area contributed by atoms with E-state index in [1.807, 2.05) is 0 Å². The zero-order chi connectivity index (χ0) is 49.2. The van der Waals surface area contributed by atoms with E-state index >= 15 is 0 Å². The van der Waals surface area contributed by atoms with E-state index < -0.39 is 132 Å². The molecule has 26 nitrogen and oxygen atoms in total. The molecule has 67 heavy (non-hydrogen) atoms. The third-order valence-corrected chi connectivity index (χ3v) is 14.0. The number of rotatable bonds is 26. The van der Waals surface area contributed by atoms with Gasteiger partial charge in [-0.25, -0.2) is 13.7 Å². The van der Waals surface area contributed by atoms with Crippen molar-refractivity contribution in [1.82, 2.24) is 18.3 Å². The molecule has 0 amide bonds. The first-order valence-corrected chi connectivity index (χ1v) is 25.0. The molecule has 29 heteroatoms. The number of aliphatic hydroxyl groups excluding tert-OH is 2. The third-order valence-electron chi connectivity index (χ3n) is 11.0. The summed E-state index contributed by atoms with van der Waals surface area (Å²) in [5, 5.41) is 16.4. The highest BCUT2D eigenvalue weighted by Crippen LogP contribution is 2.45. The molecule has 4 atom stereocenters. The topological polar surface area (TPSA) is 364 Å². The van der Waals surface area contributed by atoms with Gasteiger partial charge in [-0.1, -0.05) is 13.8 Å². The van der Waals surface area contributed by atoms with Gasteiger partial charge >= 0.3 is 23.5 Å². The van der Waals surface area contributed by atoms with E-state index in [-0.39, 0.29) is 69.5 Å². The molecule has 6 rings (SSSR count). The summed E-state index contributed by atoms with van der Waals surface area (Å²) < 4.78 is 68.9. The molecule has 0 aliphatic carbocycles.